The lowest BCUT2D eigenvalue weighted by atomic mass is 9.95. The second kappa shape index (κ2) is 10.2. The van der Waals surface area contributed by atoms with Crippen molar-refractivity contribution in [3.8, 4) is 11.5 Å². The topological polar surface area (TPSA) is 79.1 Å². The lowest BCUT2D eigenvalue weighted by Gasteiger charge is -2.25. The van der Waals surface area contributed by atoms with E-state index in [2.05, 4.69) is 4.99 Å². The molecule has 3 aromatic rings. The van der Waals surface area contributed by atoms with Crippen LogP contribution in [-0.2, 0) is 9.53 Å². The molecule has 0 radical (unpaired) electrons. The third kappa shape index (κ3) is 4.83. The van der Waals surface area contributed by atoms with Crippen molar-refractivity contribution in [2.75, 3.05) is 13.7 Å². The number of fused-ring (bicyclic) bond motifs is 1. The van der Waals surface area contributed by atoms with E-state index in [-0.39, 0.29) is 18.3 Å². The molecule has 0 unspecified atom stereocenters. The summed E-state index contributed by atoms with van der Waals surface area (Å²) in [5.74, 6) is 0.610. The molecule has 184 valence electrons. The van der Waals surface area contributed by atoms with Crippen LogP contribution in [0.1, 0.15) is 49.7 Å². The summed E-state index contributed by atoms with van der Waals surface area (Å²) in [5.41, 5.74) is 2.46. The van der Waals surface area contributed by atoms with Gasteiger partial charge in [-0.2, -0.15) is 0 Å². The molecular weight excluding hydrogens is 484 g/mol. The number of allylic oxidation sites excluding steroid dienone is 1. The van der Waals surface area contributed by atoms with Gasteiger partial charge < -0.3 is 14.2 Å². The van der Waals surface area contributed by atoms with Gasteiger partial charge in [0.25, 0.3) is 5.56 Å². The zero-order chi connectivity index (χ0) is 25.3. The number of thiazole rings is 1. The summed E-state index contributed by atoms with van der Waals surface area (Å²) in [6, 6.07) is 6.77. The van der Waals surface area contributed by atoms with Gasteiger partial charge >= 0.3 is 5.97 Å². The van der Waals surface area contributed by atoms with Crippen LogP contribution in [0.2, 0.25) is 0 Å². The van der Waals surface area contributed by atoms with Gasteiger partial charge in [-0.3, -0.25) is 9.36 Å². The molecule has 1 atom stereocenters. The monoisotopic (exact) mass is 512 g/mol. The molecule has 0 N–H and O–H groups in total. The number of rotatable bonds is 7. The minimum Gasteiger partial charge on any atom is -0.493 e. The minimum absolute atomic E-state index is 0.0367. The Hall–Kier alpha value is -3.17. The summed E-state index contributed by atoms with van der Waals surface area (Å²) in [6.45, 7) is 9.62. The van der Waals surface area contributed by atoms with Crippen LogP contribution in [0.5, 0.6) is 11.5 Å². The first-order valence-corrected chi connectivity index (χ1v) is 13.0. The Kier molecular flexibility index (Phi) is 7.28. The highest BCUT2D eigenvalue weighted by Crippen LogP contribution is 2.36. The smallest absolute Gasteiger partial charge is 0.338 e. The Morgan fingerprint density at radius 3 is 2.63 bits per heavy atom. The van der Waals surface area contributed by atoms with Crippen LogP contribution in [-0.4, -0.2) is 30.4 Å². The van der Waals surface area contributed by atoms with Crippen LogP contribution in [0.25, 0.3) is 6.08 Å². The van der Waals surface area contributed by atoms with Crippen molar-refractivity contribution in [1.82, 2.24) is 4.57 Å². The molecule has 0 fully saturated rings. The van der Waals surface area contributed by atoms with E-state index in [9.17, 15) is 9.59 Å². The Morgan fingerprint density at radius 2 is 2.00 bits per heavy atom. The summed E-state index contributed by atoms with van der Waals surface area (Å²) in [6.07, 6.45) is 1.86. The minimum atomic E-state index is -0.709. The SMILES string of the molecule is CCOC(=O)C1=C(C)N=c2s/c(=C\c3sccc3C)c(=O)n2[C@@H]1c1ccc(OC(C)C)c(OC)c1. The summed E-state index contributed by atoms with van der Waals surface area (Å²) < 4.78 is 19.0. The number of thiophene rings is 1. The molecule has 0 bridgehead atoms. The molecule has 3 heterocycles. The molecule has 9 heteroatoms. The largest absolute Gasteiger partial charge is 0.493 e. The third-order valence-electron chi connectivity index (χ3n) is 5.55. The zero-order valence-corrected chi connectivity index (χ0v) is 22.2. The second-order valence-corrected chi connectivity index (χ2v) is 10.3. The van der Waals surface area contributed by atoms with Gasteiger partial charge in [0.2, 0.25) is 0 Å². The van der Waals surface area contributed by atoms with Crippen LogP contribution >= 0.6 is 22.7 Å². The zero-order valence-electron chi connectivity index (χ0n) is 20.6. The normalized spacial score (nSPS) is 15.7. The highest BCUT2D eigenvalue weighted by molar-refractivity contribution is 7.11. The molecule has 0 saturated carbocycles. The fraction of sp³-hybridized carbons (Fsp3) is 0.346. The predicted molar refractivity (Wildman–Crippen MR) is 138 cm³/mol. The number of ether oxygens (including phenoxy) is 3. The highest BCUT2D eigenvalue weighted by atomic mass is 32.1. The fourth-order valence-electron chi connectivity index (χ4n) is 3.96. The maximum atomic E-state index is 13.7. The van der Waals surface area contributed by atoms with Crippen molar-refractivity contribution in [2.24, 2.45) is 4.99 Å². The third-order valence-corrected chi connectivity index (χ3v) is 7.50. The molecule has 0 aliphatic carbocycles. The van der Waals surface area contributed by atoms with Crippen molar-refractivity contribution in [2.45, 2.75) is 46.8 Å². The second-order valence-electron chi connectivity index (χ2n) is 8.35. The number of methoxy groups -OCH3 is 1. The number of hydrogen-bond donors (Lipinski definition) is 0. The number of hydrogen-bond acceptors (Lipinski definition) is 8. The van der Waals surface area contributed by atoms with Crippen LogP contribution in [0.4, 0.5) is 0 Å². The van der Waals surface area contributed by atoms with E-state index in [1.807, 2.05) is 44.4 Å². The average molecular weight is 513 g/mol. The Morgan fingerprint density at radius 1 is 1.23 bits per heavy atom. The molecule has 1 aliphatic rings. The number of benzene rings is 1. The molecule has 0 spiro atoms. The van der Waals surface area contributed by atoms with Gasteiger partial charge in [-0.25, -0.2) is 9.79 Å². The molecule has 0 amide bonds. The molecule has 4 rings (SSSR count). The van der Waals surface area contributed by atoms with E-state index in [0.29, 0.717) is 37.7 Å². The lowest BCUT2D eigenvalue weighted by molar-refractivity contribution is -0.139. The highest BCUT2D eigenvalue weighted by Gasteiger charge is 2.34. The van der Waals surface area contributed by atoms with E-state index in [0.717, 1.165) is 10.4 Å². The van der Waals surface area contributed by atoms with Crippen molar-refractivity contribution in [1.29, 1.82) is 0 Å². The number of esters is 1. The quantitative estimate of drug-likeness (QED) is 0.448. The summed E-state index contributed by atoms with van der Waals surface area (Å²) >= 11 is 2.89. The maximum absolute atomic E-state index is 13.7. The van der Waals surface area contributed by atoms with E-state index >= 15 is 0 Å². The van der Waals surface area contributed by atoms with Gasteiger partial charge in [0.1, 0.15) is 0 Å². The number of nitrogens with zero attached hydrogens (tertiary/aromatic N) is 2. The van der Waals surface area contributed by atoms with E-state index < -0.39 is 12.0 Å². The molecular formula is C26H28N2O5S2. The Bertz CT molecular complexity index is 1480. The summed E-state index contributed by atoms with van der Waals surface area (Å²) in [4.78, 5) is 32.9. The fourth-order valence-corrected chi connectivity index (χ4v) is 5.93. The predicted octanol–water partition coefficient (Wildman–Crippen LogP) is 3.96. The Labute approximate surface area is 211 Å². The van der Waals surface area contributed by atoms with Crippen molar-refractivity contribution in [3.05, 3.63) is 76.6 Å². The van der Waals surface area contributed by atoms with E-state index in [1.165, 1.54) is 11.3 Å². The van der Waals surface area contributed by atoms with Crippen molar-refractivity contribution >= 4 is 34.7 Å². The molecule has 1 aliphatic heterocycles. The first-order chi connectivity index (χ1) is 16.7. The molecule has 35 heavy (non-hydrogen) atoms. The van der Waals surface area contributed by atoms with Crippen molar-refractivity contribution in [3.63, 3.8) is 0 Å². The van der Waals surface area contributed by atoms with Gasteiger partial charge in [0, 0.05) is 4.88 Å². The number of carbonyl (C=O) groups is 1. The molecule has 7 nitrogen and oxygen atoms in total. The first-order valence-electron chi connectivity index (χ1n) is 11.3. The van der Waals surface area contributed by atoms with Gasteiger partial charge in [-0.05, 0) is 75.4 Å². The van der Waals surface area contributed by atoms with Gasteiger partial charge in [0.05, 0.1) is 41.7 Å². The number of aryl methyl sites for hydroxylation is 1. The van der Waals surface area contributed by atoms with Crippen LogP contribution < -0.4 is 24.4 Å². The summed E-state index contributed by atoms with van der Waals surface area (Å²) in [7, 11) is 1.56. The number of aromatic nitrogens is 1. The summed E-state index contributed by atoms with van der Waals surface area (Å²) in [5, 5.41) is 2.00. The molecule has 1 aromatic carbocycles. The van der Waals surface area contributed by atoms with Crippen LogP contribution in [0, 0.1) is 6.92 Å². The number of carbonyl (C=O) groups excluding carboxylic acids is 1. The lowest BCUT2D eigenvalue weighted by Crippen LogP contribution is -2.40. The Balaban J connectivity index is 1.95. The molecule has 0 saturated heterocycles. The van der Waals surface area contributed by atoms with E-state index in [1.54, 1.807) is 49.0 Å². The van der Waals surface area contributed by atoms with E-state index in [4.69, 9.17) is 14.2 Å². The van der Waals surface area contributed by atoms with Gasteiger partial charge in [0.15, 0.2) is 16.3 Å². The van der Waals surface area contributed by atoms with Crippen molar-refractivity contribution < 1.29 is 19.0 Å². The van der Waals surface area contributed by atoms with Crippen LogP contribution in [0.3, 0.4) is 0 Å². The van der Waals surface area contributed by atoms with Crippen LogP contribution in [0.15, 0.2) is 50.7 Å². The standard InChI is InChI=1S/C26H28N2O5S2/c1-7-32-25(30)22-16(5)27-26-28(24(29)21(35-26)13-20-15(4)10-11-34-20)23(22)17-8-9-18(33-14(2)3)19(12-17)31-6/h8-14,23H,7H2,1-6H3/b21-13-/t23-/m1/s1. The van der Waals surface area contributed by atoms with Gasteiger partial charge in [-0.15, -0.1) is 11.3 Å². The molecule has 2 aromatic heterocycles. The average Bonchev–Trinajstić information content (AvgIpc) is 3.35. The maximum Gasteiger partial charge on any atom is 0.338 e. The first kappa shape index (κ1) is 24.9. The van der Waals surface area contributed by atoms with Gasteiger partial charge in [-0.1, -0.05) is 17.4 Å².